The summed E-state index contributed by atoms with van der Waals surface area (Å²) in [4.78, 5) is 20.9. The van der Waals surface area contributed by atoms with Gasteiger partial charge in [0.2, 0.25) is 0 Å². The fraction of sp³-hybridized carbons (Fsp3) is 0.667. The third-order valence-corrected chi connectivity index (χ3v) is 1.74. The second-order valence-corrected chi connectivity index (χ2v) is 2.76. The molecule has 0 saturated carbocycles. The van der Waals surface area contributed by atoms with Gasteiger partial charge in [-0.2, -0.15) is 13.2 Å². The molecule has 1 fully saturated rings. The highest BCUT2D eigenvalue weighted by Crippen LogP contribution is 2.20. The first kappa shape index (κ1) is 10.8. The van der Waals surface area contributed by atoms with Crippen molar-refractivity contribution in [2.45, 2.75) is 18.6 Å². The van der Waals surface area contributed by atoms with Gasteiger partial charge in [-0.1, -0.05) is 0 Å². The van der Waals surface area contributed by atoms with Crippen molar-refractivity contribution in [2.75, 3.05) is 6.54 Å². The zero-order chi connectivity index (χ0) is 10.9. The summed E-state index contributed by atoms with van der Waals surface area (Å²) in [7, 11) is 0. The molecule has 1 aliphatic rings. The van der Waals surface area contributed by atoms with Crippen LogP contribution in [0.3, 0.4) is 0 Å². The van der Waals surface area contributed by atoms with Gasteiger partial charge in [-0.05, 0) is 6.42 Å². The lowest BCUT2D eigenvalue weighted by atomic mass is 10.2. The Hall–Kier alpha value is -1.31. The van der Waals surface area contributed by atoms with Gasteiger partial charge in [0.25, 0.3) is 0 Å². The van der Waals surface area contributed by atoms with Gasteiger partial charge in [0, 0.05) is 6.54 Å². The molecule has 1 heterocycles. The monoisotopic (exact) mass is 212 g/mol. The number of amides is 1. The van der Waals surface area contributed by atoms with Crippen molar-refractivity contribution in [1.82, 2.24) is 10.4 Å². The molecule has 14 heavy (non-hydrogen) atoms. The predicted octanol–water partition coefficient (Wildman–Crippen LogP) is -0.261. The van der Waals surface area contributed by atoms with E-state index in [0.717, 1.165) is 0 Å². The molecule has 5 nitrogen and oxygen atoms in total. The van der Waals surface area contributed by atoms with Crippen molar-refractivity contribution >= 4 is 11.9 Å². The lowest BCUT2D eigenvalue weighted by Crippen LogP contribution is -2.48. The molecule has 0 aliphatic carbocycles. The van der Waals surface area contributed by atoms with Gasteiger partial charge in [-0.3, -0.25) is 14.6 Å². The average molecular weight is 212 g/mol. The average Bonchev–Trinajstić information content (AvgIpc) is 2.48. The maximum atomic E-state index is 11.9. The summed E-state index contributed by atoms with van der Waals surface area (Å²) in [6, 6.07) is -1.12. The number of nitrogens with zero attached hydrogens (tertiary/aromatic N) is 1. The van der Waals surface area contributed by atoms with Gasteiger partial charge in [0.05, 0.1) is 0 Å². The molecule has 1 unspecified atom stereocenters. The van der Waals surface area contributed by atoms with E-state index in [4.69, 9.17) is 5.11 Å². The van der Waals surface area contributed by atoms with E-state index in [1.54, 1.807) is 0 Å². The highest BCUT2D eigenvalue weighted by Gasteiger charge is 2.45. The Labute approximate surface area is 76.5 Å². The van der Waals surface area contributed by atoms with Crippen molar-refractivity contribution in [3.05, 3.63) is 0 Å². The minimum atomic E-state index is -4.97. The normalized spacial score (nSPS) is 22.5. The maximum absolute atomic E-state index is 11.9. The number of carbonyl (C=O) groups is 2. The van der Waals surface area contributed by atoms with Crippen molar-refractivity contribution in [3.8, 4) is 0 Å². The number of nitrogens with one attached hydrogen (secondary N) is 1. The number of carboxylic acid groups (broad SMARTS) is 1. The van der Waals surface area contributed by atoms with Gasteiger partial charge < -0.3 is 5.11 Å². The van der Waals surface area contributed by atoms with Crippen molar-refractivity contribution in [1.29, 1.82) is 0 Å². The predicted molar refractivity (Wildman–Crippen MR) is 36.9 cm³/mol. The second-order valence-electron chi connectivity index (χ2n) is 2.76. The summed E-state index contributed by atoms with van der Waals surface area (Å²) < 4.78 is 35.6. The van der Waals surface area contributed by atoms with Crippen LogP contribution in [0.1, 0.15) is 6.42 Å². The van der Waals surface area contributed by atoms with Crippen LogP contribution in [-0.4, -0.2) is 40.8 Å². The molecule has 0 aromatic heterocycles. The van der Waals surface area contributed by atoms with Gasteiger partial charge in [0.15, 0.2) is 0 Å². The van der Waals surface area contributed by atoms with E-state index in [-0.39, 0.29) is 18.0 Å². The van der Waals surface area contributed by atoms with Gasteiger partial charge >= 0.3 is 18.1 Å². The Kier molecular flexibility index (Phi) is 2.65. The van der Waals surface area contributed by atoms with E-state index in [0.29, 0.717) is 0 Å². The molecule has 0 bridgehead atoms. The van der Waals surface area contributed by atoms with E-state index in [1.807, 2.05) is 5.43 Å². The smallest absolute Gasteiger partial charge is 0.472 e. The van der Waals surface area contributed by atoms with Crippen LogP contribution in [0.5, 0.6) is 0 Å². The molecule has 1 atom stereocenters. The molecular weight excluding hydrogens is 205 g/mol. The SMILES string of the molecule is O=C(O)C1CCN(C(=O)C(F)(F)F)N1. The first-order chi connectivity index (χ1) is 6.32. The molecule has 1 rings (SSSR count). The van der Waals surface area contributed by atoms with Crippen LogP contribution >= 0.6 is 0 Å². The van der Waals surface area contributed by atoms with Gasteiger partial charge in [-0.25, -0.2) is 5.43 Å². The summed E-state index contributed by atoms with van der Waals surface area (Å²) >= 11 is 0. The zero-order valence-corrected chi connectivity index (χ0v) is 6.84. The molecule has 0 spiro atoms. The van der Waals surface area contributed by atoms with E-state index in [2.05, 4.69) is 0 Å². The quantitative estimate of drug-likeness (QED) is 0.628. The van der Waals surface area contributed by atoms with Gasteiger partial charge in [0.1, 0.15) is 6.04 Å². The Morgan fingerprint density at radius 2 is 2.00 bits per heavy atom. The number of alkyl halides is 3. The van der Waals surface area contributed by atoms with Crippen molar-refractivity contribution in [2.24, 2.45) is 0 Å². The van der Waals surface area contributed by atoms with Crippen LogP contribution in [0.4, 0.5) is 13.2 Å². The Morgan fingerprint density at radius 1 is 1.43 bits per heavy atom. The number of rotatable bonds is 1. The van der Waals surface area contributed by atoms with Crippen LogP contribution in [-0.2, 0) is 9.59 Å². The Balaban J connectivity index is 2.59. The molecule has 0 aromatic carbocycles. The zero-order valence-electron chi connectivity index (χ0n) is 6.84. The highest BCUT2D eigenvalue weighted by molar-refractivity contribution is 5.83. The maximum Gasteiger partial charge on any atom is 0.472 e. The number of aliphatic carboxylic acids is 1. The minimum Gasteiger partial charge on any atom is -0.480 e. The van der Waals surface area contributed by atoms with E-state index in [1.165, 1.54) is 0 Å². The first-order valence-corrected chi connectivity index (χ1v) is 3.70. The van der Waals surface area contributed by atoms with Crippen LogP contribution in [0, 0.1) is 0 Å². The number of carboxylic acids is 1. The largest absolute Gasteiger partial charge is 0.480 e. The first-order valence-electron chi connectivity index (χ1n) is 3.70. The lowest BCUT2D eigenvalue weighted by molar-refractivity contribution is -0.187. The van der Waals surface area contributed by atoms with Crippen LogP contribution in [0.2, 0.25) is 0 Å². The number of hydrazine groups is 1. The number of halogens is 3. The fourth-order valence-electron chi connectivity index (χ4n) is 1.07. The summed E-state index contributed by atoms with van der Waals surface area (Å²) in [5, 5.41) is 8.71. The molecular formula is C6H7F3N2O3. The molecule has 80 valence electrons. The summed E-state index contributed by atoms with van der Waals surface area (Å²) in [6.45, 7) is -0.255. The van der Waals surface area contributed by atoms with E-state index in [9.17, 15) is 22.8 Å². The van der Waals surface area contributed by atoms with E-state index >= 15 is 0 Å². The topological polar surface area (TPSA) is 69.6 Å². The third kappa shape index (κ3) is 2.13. The highest BCUT2D eigenvalue weighted by atomic mass is 19.4. The summed E-state index contributed by atoms with van der Waals surface area (Å²) in [5.41, 5.74) is 1.96. The Bertz CT molecular complexity index is 266. The molecule has 2 N–H and O–H groups in total. The van der Waals surface area contributed by atoms with Crippen LogP contribution in [0.15, 0.2) is 0 Å². The van der Waals surface area contributed by atoms with E-state index < -0.39 is 24.1 Å². The Morgan fingerprint density at radius 3 is 2.36 bits per heavy atom. The standard InChI is InChI=1S/C6H7F3N2O3/c7-6(8,9)5(14)11-2-1-3(10-11)4(12)13/h3,10H,1-2H2,(H,12,13). The molecule has 1 amide bonds. The van der Waals surface area contributed by atoms with Crippen molar-refractivity contribution < 1.29 is 27.9 Å². The lowest BCUT2D eigenvalue weighted by Gasteiger charge is -2.17. The molecule has 1 aliphatic heterocycles. The molecule has 8 heteroatoms. The number of hydrogen-bond donors (Lipinski definition) is 2. The van der Waals surface area contributed by atoms with Crippen LogP contribution in [0.25, 0.3) is 0 Å². The number of carbonyl (C=O) groups excluding carboxylic acids is 1. The molecule has 0 aromatic rings. The second kappa shape index (κ2) is 3.45. The van der Waals surface area contributed by atoms with Gasteiger partial charge in [-0.15, -0.1) is 0 Å². The fourth-order valence-corrected chi connectivity index (χ4v) is 1.07. The van der Waals surface area contributed by atoms with Crippen molar-refractivity contribution in [3.63, 3.8) is 0 Å². The van der Waals surface area contributed by atoms with Crippen LogP contribution < -0.4 is 5.43 Å². The summed E-state index contributed by atoms with van der Waals surface area (Å²) in [5.74, 6) is -3.34. The minimum absolute atomic E-state index is 0.0306. The third-order valence-electron chi connectivity index (χ3n) is 1.74. The summed E-state index contributed by atoms with van der Waals surface area (Å²) in [6.07, 6.45) is -5.00. The number of hydrogen-bond acceptors (Lipinski definition) is 3. The molecule has 0 radical (unpaired) electrons. The molecule has 1 saturated heterocycles.